The molecule has 0 bridgehead atoms. The van der Waals surface area contributed by atoms with E-state index in [1.54, 1.807) is 6.07 Å². The molecule has 0 aliphatic heterocycles. The summed E-state index contributed by atoms with van der Waals surface area (Å²) in [7, 11) is 0. The van der Waals surface area contributed by atoms with Crippen molar-refractivity contribution in [3.8, 4) is 0 Å². The van der Waals surface area contributed by atoms with Gasteiger partial charge in [-0.1, -0.05) is 48.0 Å². The summed E-state index contributed by atoms with van der Waals surface area (Å²) in [6.45, 7) is 4.15. The maximum absolute atomic E-state index is 12.5. The Hall–Kier alpha value is -2.84. The van der Waals surface area contributed by atoms with Crippen molar-refractivity contribution >= 4 is 46.9 Å². The second-order valence-corrected chi connectivity index (χ2v) is 8.69. The molecule has 156 valence electrons. The van der Waals surface area contributed by atoms with Gasteiger partial charge < -0.3 is 16.4 Å². The number of carbonyl (C=O) groups is 1. The summed E-state index contributed by atoms with van der Waals surface area (Å²) in [6, 6.07) is 17.0. The third kappa shape index (κ3) is 6.08. The highest BCUT2D eigenvalue weighted by molar-refractivity contribution is 8.00. The van der Waals surface area contributed by atoms with Gasteiger partial charge >= 0.3 is 0 Å². The number of anilines is 3. The number of nitrogens with one attached hydrogen (secondary N) is 2. The first-order chi connectivity index (χ1) is 14.4. The lowest BCUT2D eigenvalue weighted by molar-refractivity contribution is -0.120. The minimum absolute atomic E-state index is 0.0866. The number of hydrogen-bond donors (Lipinski definition) is 3. The zero-order chi connectivity index (χ0) is 21.5. The van der Waals surface area contributed by atoms with Crippen molar-refractivity contribution in [1.82, 2.24) is 20.3 Å². The van der Waals surface area contributed by atoms with Gasteiger partial charge in [-0.05, 0) is 37.6 Å². The van der Waals surface area contributed by atoms with Crippen LogP contribution in [0.1, 0.15) is 30.5 Å². The fourth-order valence-corrected chi connectivity index (χ4v) is 3.94. The monoisotopic (exact) mass is 442 g/mol. The number of carbonyl (C=O) groups excluding carboxylic acids is 1. The van der Waals surface area contributed by atoms with Gasteiger partial charge in [0.15, 0.2) is 0 Å². The van der Waals surface area contributed by atoms with Gasteiger partial charge in [0, 0.05) is 17.3 Å². The van der Waals surface area contributed by atoms with Gasteiger partial charge in [-0.15, -0.1) is 11.8 Å². The SMILES string of the molecule is CC(SC(C)c1nc(N)nc(Nc2ccccc2)n1)C(=O)NCc1ccccc1Cl. The van der Waals surface area contributed by atoms with Crippen LogP contribution in [0.2, 0.25) is 5.02 Å². The van der Waals surface area contributed by atoms with Crippen molar-refractivity contribution in [3.63, 3.8) is 0 Å². The molecule has 0 aliphatic carbocycles. The first kappa shape index (κ1) is 21.9. The van der Waals surface area contributed by atoms with E-state index >= 15 is 0 Å². The fourth-order valence-electron chi connectivity index (χ4n) is 2.69. The van der Waals surface area contributed by atoms with Gasteiger partial charge in [0.1, 0.15) is 5.82 Å². The second-order valence-electron chi connectivity index (χ2n) is 6.60. The predicted molar refractivity (Wildman–Crippen MR) is 123 cm³/mol. The summed E-state index contributed by atoms with van der Waals surface area (Å²) in [5.74, 6) is 0.918. The van der Waals surface area contributed by atoms with Crippen LogP contribution in [0.15, 0.2) is 54.6 Å². The largest absolute Gasteiger partial charge is 0.368 e. The molecule has 0 radical (unpaired) electrons. The number of para-hydroxylation sites is 1. The number of hydrogen-bond acceptors (Lipinski definition) is 7. The Morgan fingerprint density at radius 2 is 1.77 bits per heavy atom. The van der Waals surface area contributed by atoms with Crippen molar-refractivity contribution in [1.29, 1.82) is 0 Å². The number of benzene rings is 2. The topological polar surface area (TPSA) is 106 Å². The maximum atomic E-state index is 12.5. The Labute approximate surface area is 184 Å². The summed E-state index contributed by atoms with van der Waals surface area (Å²) in [6.07, 6.45) is 0. The van der Waals surface area contributed by atoms with Gasteiger partial charge in [-0.25, -0.2) is 0 Å². The van der Waals surface area contributed by atoms with Crippen molar-refractivity contribution in [2.24, 2.45) is 0 Å². The van der Waals surface area contributed by atoms with E-state index < -0.39 is 0 Å². The molecule has 2 aromatic carbocycles. The summed E-state index contributed by atoms with van der Waals surface area (Å²) in [5.41, 5.74) is 7.59. The quantitative estimate of drug-likeness (QED) is 0.476. The number of nitrogens with two attached hydrogens (primary N) is 1. The molecule has 4 N–H and O–H groups in total. The van der Waals surface area contributed by atoms with Gasteiger partial charge in [0.05, 0.1) is 10.5 Å². The van der Waals surface area contributed by atoms with Crippen molar-refractivity contribution in [2.45, 2.75) is 30.9 Å². The molecule has 1 heterocycles. The number of thioether (sulfide) groups is 1. The van der Waals surface area contributed by atoms with Gasteiger partial charge in [0.25, 0.3) is 0 Å². The number of rotatable bonds is 8. The Morgan fingerprint density at radius 3 is 2.50 bits per heavy atom. The average molecular weight is 443 g/mol. The molecule has 30 heavy (non-hydrogen) atoms. The molecule has 2 unspecified atom stereocenters. The minimum atomic E-state index is -0.314. The molecule has 3 aromatic rings. The molecule has 0 saturated heterocycles. The fraction of sp³-hybridized carbons (Fsp3) is 0.238. The van der Waals surface area contributed by atoms with E-state index in [4.69, 9.17) is 17.3 Å². The van der Waals surface area contributed by atoms with Crippen LogP contribution in [0.25, 0.3) is 0 Å². The van der Waals surface area contributed by atoms with E-state index in [1.165, 1.54) is 11.8 Å². The van der Waals surface area contributed by atoms with E-state index in [-0.39, 0.29) is 22.4 Å². The number of aromatic nitrogens is 3. The molecule has 3 rings (SSSR count). The molecule has 9 heteroatoms. The average Bonchev–Trinajstić information content (AvgIpc) is 2.73. The van der Waals surface area contributed by atoms with Crippen molar-refractivity contribution in [3.05, 3.63) is 71.0 Å². The molecule has 0 aliphatic rings. The Kier molecular flexibility index (Phi) is 7.48. The molecule has 0 saturated carbocycles. The first-order valence-electron chi connectivity index (χ1n) is 9.42. The minimum Gasteiger partial charge on any atom is -0.368 e. The molecule has 2 atom stereocenters. The van der Waals surface area contributed by atoms with Gasteiger partial charge in [-0.2, -0.15) is 15.0 Å². The zero-order valence-corrected chi connectivity index (χ0v) is 18.2. The number of nitrogen functional groups attached to an aromatic ring is 1. The van der Waals surface area contributed by atoms with Crippen molar-refractivity contribution < 1.29 is 4.79 Å². The van der Waals surface area contributed by atoms with Crippen LogP contribution in [-0.4, -0.2) is 26.1 Å². The van der Waals surface area contributed by atoms with Crippen LogP contribution < -0.4 is 16.4 Å². The summed E-state index contributed by atoms with van der Waals surface area (Å²) in [5, 5.41) is 6.19. The second kappa shape index (κ2) is 10.3. The van der Waals surface area contributed by atoms with Crippen LogP contribution in [0, 0.1) is 0 Å². The molecular formula is C21H23ClN6OS. The molecule has 0 fully saturated rings. The summed E-state index contributed by atoms with van der Waals surface area (Å²) in [4.78, 5) is 25.3. The normalized spacial score (nSPS) is 12.8. The lowest BCUT2D eigenvalue weighted by atomic mass is 10.2. The highest BCUT2D eigenvalue weighted by atomic mass is 35.5. The zero-order valence-electron chi connectivity index (χ0n) is 16.7. The predicted octanol–water partition coefficient (Wildman–Crippen LogP) is 4.35. The van der Waals surface area contributed by atoms with E-state index in [0.717, 1.165) is 11.3 Å². The number of nitrogens with zero attached hydrogens (tertiary/aromatic N) is 3. The van der Waals surface area contributed by atoms with Crippen LogP contribution in [-0.2, 0) is 11.3 Å². The Bertz CT molecular complexity index is 1000. The van der Waals surface area contributed by atoms with E-state index in [1.807, 2.05) is 62.4 Å². The molecule has 0 spiro atoms. The van der Waals surface area contributed by atoms with Crippen LogP contribution in [0.4, 0.5) is 17.6 Å². The lowest BCUT2D eigenvalue weighted by Crippen LogP contribution is -2.31. The van der Waals surface area contributed by atoms with Crippen LogP contribution >= 0.6 is 23.4 Å². The molecular weight excluding hydrogens is 420 g/mol. The molecule has 1 amide bonds. The highest BCUT2D eigenvalue weighted by Crippen LogP contribution is 2.30. The maximum Gasteiger partial charge on any atom is 0.233 e. The molecule has 1 aromatic heterocycles. The smallest absolute Gasteiger partial charge is 0.233 e. The number of halogens is 1. The molecule has 7 nitrogen and oxygen atoms in total. The summed E-state index contributed by atoms with van der Waals surface area (Å²) >= 11 is 7.59. The van der Waals surface area contributed by atoms with E-state index in [2.05, 4.69) is 25.6 Å². The summed E-state index contributed by atoms with van der Waals surface area (Å²) < 4.78 is 0. The highest BCUT2D eigenvalue weighted by Gasteiger charge is 2.21. The van der Waals surface area contributed by atoms with Gasteiger partial charge in [-0.3, -0.25) is 4.79 Å². The van der Waals surface area contributed by atoms with Crippen molar-refractivity contribution in [2.75, 3.05) is 11.1 Å². The number of amides is 1. The van der Waals surface area contributed by atoms with Gasteiger partial charge in [0.2, 0.25) is 17.8 Å². The lowest BCUT2D eigenvalue weighted by Gasteiger charge is -2.17. The Morgan fingerprint density at radius 1 is 1.07 bits per heavy atom. The van der Waals surface area contributed by atoms with Crippen LogP contribution in [0.3, 0.4) is 0 Å². The standard InChI is InChI=1S/C21H23ClN6OS/c1-13(30-14(2)19(29)24-12-15-8-6-7-11-17(15)22)18-26-20(23)28-21(27-18)25-16-9-4-3-5-10-16/h3-11,13-14H,12H2,1-2H3,(H,24,29)(H3,23,25,26,27,28). The first-order valence-corrected chi connectivity index (χ1v) is 10.7. The van der Waals surface area contributed by atoms with E-state index in [0.29, 0.717) is 23.3 Å². The van der Waals surface area contributed by atoms with Crippen LogP contribution in [0.5, 0.6) is 0 Å². The van der Waals surface area contributed by atoms with E-state index in [9.17, 15) is 4.79 Å². The third-order valence-corrected chi connectivity index (χ3v) is 5.86. The third-order valence-electron chi connectivity index (χ3n) is 4.25. The Balaban J connectivity index is 1.61.